The van der Waals surface area contributed by atoms with Gasteiger partial charge < -0.3 is 4.79 Å². The van der Waals surface area contributed by atoms with Gasteiger partial charge in [0.1, 0.15) is 6.29 Å². The topological polar surface area (TPSA) is 17.1 Å². The molecule has 1 unspecified atom stereocenters. The summed E-state index contributed by atoms with van der Waals surface area (Å²) in [6.45, 7) is 6.83. The first-order chi connectivity index (χ1) is 7.05. The molecule has 0 saturated heterocycles. The van der Waals surface area contributed by atoms with Crippen molar-refractivity contribution < 1.29 is 4.79 Å². The van der Waals surface area contributed by atoms with Gasteiger partial charge in [0.25, 0.3) is 0 Å². The predicted octanol–water partition coefficient (Wildman–Crippen LogP) is 3.59. The van der Waals surface area contributed by atoms with Crippen LogP contribution in [0.25, 0.3) is 0 Å². The average Bonchev–Trinajstić information content (AvgIpc) is 2.25. The Morgan fingerprint density at radius 1 is 1.60 bits per heavy atom. The second kappa shape index (κ2) is 3.77. The number of hydrogen-bond donors (Lipinski definition) is 0. The van der Waals surface area contributed by atoms with E-state index < -0.39 is 0 Å². The third kappa shape index (κ3) is 1.77. The molecule has 0 spiro atoms. The second-order valence-electron chi connectivity index (χ2n) is 5.97. The molecule has 0 amide bonds. The second-order valence-corrected chi connectivity index (χ2v) is 5.97. The Hall–Kier alpha value is -0.590. The minimum Gasteiger partial charge on any atom is -0.303 e. The van der Waals surface area contributed by atoms with E-state index in [2.05, 4.69) is 19.9 Å². The summed E-state index contributed by atoms with van der Waals surface area (Å²) in [5.74, 6) is 1.97. The quantitative estimate of drug-likeness (QED) is 0.507. The molecule has 3 atom stereocenters. The third-order valence-corrected chi connectivity index (χ3v) is 4.70. The number of carbonyl (C=O) groups is 1. The SMILES string of the molecule is CC(C=O)CCC1=CC[C@H]2C[C@@H]1C2(C)C. The van der Waals surface area contributed by atoms with E-state index in [1.165, 1.54) is 12.8 Å². The van der Waals surface area contributed by atoms with Gasteiger partial charge in [0.05, 0.1) is 0 Å². The Bertz CT molecular complexity index is 288. The molecule has 1 fully saturated rings. The number of rotatable bonds is 4. The minimum atomic E-state index is 0.229. The van der Waals surface area contributed by atoms with Crippen LogP contribution in [0.15, 0.2) is 11.6 Å². The van der Waals surface area contributed by atoms with Gasteiger partial charge in [-0.1, -0.05) is 32.4 Å². The summed E-state index contributed by atoms with van der Waals surface area (Å²) in [5.41, 5.74) is 2.17. The molecule has 0 radical (unpaired) electrons. The zero-order chi connectivity index (χ0) is 11.1. The zero-order valence-electron chi connectivity index (χ0n) is 10.1. The van der Waals surface area contributed by atoms with E-state index in [0.717, 1.165) is 31.0 Å². The van der Waals surface area contributed by atoms with Crippen molar-refractivity contribution in [2.45, 2.75) is 46.5 Å². The van der Waals surface area contributed by atoms with E-state index in [-0.39, 0.29) is 5.92 Å². The van der Waals surface area contributed by atoms with Crippen LogP contribution in [0.4, 0.5) is 0 Å². The van der Waals surface area contributed by atoms with E-state index in [9.17, 15) is 4.79 Å². The van der Waals surface area contributed by atoms with Crippen LogP contribution in [0.1, 0.15) is 46.5 Å². The summed E-state index contributed by atoms with van der Waals surface area (Å²) in [5, 5.41) is 0. The molecular formula is C14H22O. The highest BCUT2D eigenvalue weighted by Crippen LogP contribution is 2.59. The van der Waals surface area contributed by atoms with Crippen LogP contribution in [-0.2, 0) is 4.79 Å². The molecule has 0 aliphatic heterocycles. The summed E-state index contributed by atoms with van der Waals surface area (Å²) >= 11 is 0. The maximum absolute atomic E-state index is 10.6. The summed E-state index contributed by atoms with van der Waals surface area (Å²) in [6.07, 6.45) is 8.37. The maximum Gasteiger partial charge on any atom is 0.122 e. The number of carbonyl (C=O) groups excluding carboxylic acids is 1. The van der Waals surface area contributed by atoms with Gasteiger partial charge in [-0.3, -0.25) is 0 Å². The molecule has 3 aliphatic rings. The molecule has 15 heavy (non-hydrogen) atoms. The molecule has 3 rings (SSSR count). The van der Waals surface area contributed by atoms with Gasteiger partial charge in [0.15, 0.2) is 0 Å². The number of aldehydes is 1. The molecular weight excluding hydrogens is 184 g/mol. The molecule has 0 N–H and O–H groups in total. The first-order valence-corrected chi connectivity index (χ1v) is 6.20. The standard InChI is InChI=1S/C14H22O/c1-10(9-15)4-5-11-6-7-12-8-13(11)14(12,2)3/h6,9-10,12-13H,4-5,7-8H2,1-3H3/t10?,12-,13-/m0/s1. The fourth-order valence-corrected chi connectivity index (χ4v) is 3.22. The lowest BCUT2D eigenvalue weighted by atomic mass is 9.48. The van der Waals surface area contributed by atoms with Crippen LogP contribution in [0.3, 0.4) is 0 Å². The van der Waals surface area contributed by atoms with Gasteiger partial charge in [-0.2, -0.15) is 0 Å². The van der Waals surface area contributed by atoms with Gasteiger partial charge in [-0.25, -0.2) is 0 Å². The van der Waals surface area contributed by atoms with Gasteiger partial charge >= 0.3 is 0 Å². The summed E-state index contributed by atoms with van der Waals surface area (Å²) in [7, 11) is 0. The minimum absolute atomic E-state index is 0.229. The van der Waals surface area contributed by atoms with Crippen molar-refractivity contribution in [3.8, 4) is 0 Å². The Morgan fingerprint density at radius 3 is 2.87 bits per heavy atom. The molecule has 3 aliphatic carbocycles. The van der Waals surface area contributed by atoms with Gasteiger partial charge in [-0.05, 0) is 42.9 Å². The molecule has 0 aromatic rings. The predicted molar refractivity (Wildman–Crippen MR) is 62.5 cm³/mol. The first kappa shape index (κ1) is 10.9. The van der Waals surface area contributed by atoms with E-state index in [4.69, 9.17) is 0 Å². The van der Waals surface area contributed by atoms with Crippen molar-refractivity contribution in [1.29, 1.82) is 0 Å². The zero-order valence-corrected chi connectivity index (χ0v) is 10.1. The summed E-state index contributed by atoms with van der Waals surface area (Å²) in [4.78, 5) is 10.6. The highest BCUT2D eigenvalue weighted by molar-refractivity contribution is 5.52. The lowest BCUT2D eigenvalue weighted by molar-refractivity contribution is -0.110. The van der Waals surface area contributed by atoms with E-state index in [1.54, 1.807) is 5.57 Å². The normalized spacial score (nSPS) is 33.9. The monoisotopic (exact) mass is 206 g/mol. The van der Waals surface area contributed by atoms with Crippen LogP contribution in [-0.4, -0.2) is 6.29 Å². The molecule has 2 bridgehead atoms. The summed E-state index contributed by atoms with van der Waals surface area (Å²) in [6, 6.07) is 0. The molecule has 1 heteroatoms. The van der Waals surface area contributed by atoms with Crippen molar-refractivity contribution in [1.82, 2.24) is 0 Å². The van der Waals surface area contributed by atoms with Crippen molar-refractivity contribution in [2.24, 2.45) is 23.2 Å². The van der Waals surface area contributed by atoms with Crippen LogP contribution in [0.2, 0.25) is 0 Å². The van der Waals surface area contributed by atoms with Gasteiger partial charge in [0, 0.05) is 5.92 Å². The Morgan fingerprint density at radius 2 is 2.33 bits per heavy atom. The summed E-state index contributed by atoms with van der Waals surface area (Å²) < 4.78 is 0. The number of hydrogen-bond acceptors (Lipinski definition) is 1. The van der Waals surface area contributed by atoms with E-state index in [1.807, 2.05) is 6.92 Å². The highest BCUT2D eigenvalue weighted by Gasteiger charge is 2.50. The third-order valence-electron chi connectivity index (χ3n) is 4.70. The molecule has 0 aromatic heterocycles. The lowest BCUT2D eigenvalue weighted by Gasteiger charge is -2.56. The van der Waals surface area contributed by atoms with Crippen LogP contribution in [0, 0.1) is 23.2 Å². The van der Waals surface area contributed by atoms with Crippen LogP contribution in [0.5, 0.6) is 0 Å². The molecule has 1 saturated carbocycles. The van der Waals surface area contributed by atoms with Crippen LogP contribution < -0.4 is 0 Å². The average molecular weight is 206 g/mol. The maximum atomic E-state index is 10.6. The lowest BCUT2D eigenvalue weighted by Crippen LogP contribution is -2.48. The number of allylic oxidation sites excluding steroid dienone is 2. The smallest absolute Gasteiger partial charge is 0.122 e. The molecule has 0 heterocycles. The van der Waals surface area contributed by atoms with Gasteiger partial charge in [-0.15, -0.1) is 0 Å². The fraction of sp³-hybridized carbons (Fsp3) is 0.786. The first-order valence-electron chi connectivity index (χ1n) is 6.20. The van der Waals surface area contributed by atoms with Gasteiger partial charge in [0.2, 0.25) is 0 Å². The molecule has 0 aromatic carbocycles. The van der Waals surface area contributed by atoms with Crippen molar-refractivity contribution in [2.75, 3.05) is 0 Å². The van der Waals surface area contributed by atoms with Crippen molar-refractivity contribution >= 4 is 6.29 Å². The number of fused-ring (bicyclic) bond motifs is 1. The van der Waals surface area contributed by atoms with E-state index >= 15 is 0 Å². The highest BCUT2D eigenvalue weighted by atomic mass is 16.1. The Kier molecular flexibility index (Phi) is 2.74. The Labute approximate surface area is 92.9 Å². The Balaban J connectivity index is 1.94. The fourth-order valence-electron chi connectivity index (χ4n) is 3.22. The van der Waals surface area contributed by atoms with E-state index in [0.29, 0.717) is 5.41 Å². The largest absolute Gasteiger partial charge is 0.303 e. The van der Waals surface area contributed by atoms with Crippen LogP contribution >= 0.6 is 0 Å². The molecule has 1 nitrogen and oxygen atoms in total. The van der Waals surface area contributed by atoms with Crippen molar-refractivity contribution in [3.63, 3.8) is 0 Å². The van der Waals surface area contributed by atoms with Crippen molar-refractivity contribution in [3.05, 3.63) is 11.6 Å². The molecule has 84 valence electrons.